The number of hydrogen-bond donors (Lipinski definition) is 1. The predicted molar refractivity (Wildman–Crippen MR) is 132 cm³/mol. The number of anilines is 1. The molecular weight excluding hydrogens is 414 g/mol. The molecule has 1 fully saturated rings. The Bertz CT molecular complexity index is 923. The van der Waals surface area contributed by atoms with Gasteiger partial charge in [-0.05, 0) is 62.4 Å². The summed E-state index contributed by atoms with van der Waals surface area (Å²) in [4.78, 5) is 29.8. The van der Waals surface area contributed by atoms with E-state index < -0.39 is 0 Å². The number of benzene rings is 2. The molecule has 33 heavy (non-hydrogen) atoms. The zero-order valence-electron chi connectivity index (χ0n) is 20.3. The molecular formula is C27H37N3O3. The topological polar surface area (TPSA) is 61.9 Å². The van der Waals surface area contributed by atoms with Crippen LogP contribution in [0.1, 0.15) is 61.0 Å². The maximum absolute atomic E-state index is 13.5. The molecule has 6 heteroatoms. The van der Waals surface area contributed by atoms with Crippen LogP contribution in [0.25, 0.3) is 0 Å². The van der Waals surface area contributed by atoms with Crippen LogP contribution in [-0.2, 0) is 11.3 Å². The molecule has 0 aliphatic carbocycles. The van der Waals surface area contributed by atoms with Crippen molar-refractivity contribution in [2.24, 2.45) is 0 Å². The Morgan fingerprint density at radius 2 is 1.85 bits per heavy atom. The van der Waals surface area contributed by atoms with Gasteiger partial charge in [0.2, 0.25) is 0 Å². The fourth-order valence-electron chi connectivity index (χ4n) is 4.62. The first-order valence-corrected chi connectivity index (χ1v) is 12.0. The number of esters is 1. The molecule has 1 atom stereocenters. The molecule has 0 saturated carbocycles. The second-order valence-electron chi connectivity index (χ2n) is 8.97. The Balaban J connectivity index is 1.74. The first kappa shape index (κ1) is 24.8. The van der Waals surface area contributed by atoms with E-state index in [0.717, 1.165) is 37.1 Å². The average molecular weight is 452 g/mol. The Kier molecular flexibility index (Phi) is 8.89. The van der Waals surface area contributed by atoms with Gasteiger partial charge in [-0.15, -0.1) is 0 Å². The Morgan fingerprint density at radius 1 is 1.15 bits per heavy atom. The van der Waals surface area contributed by atoms with Gasteiger partial charge >= 0.3 is 12.0 Å². The number of amides is 2. The molecule has 178 valence electrons. The maximum Gasteiger partial charge on any atom is 0.337 e. The molecule has 2 amide bonds. The summed E-state index contributed by atoms with van der Waals surface area (Å²) in [6.07, 6.45) is 4.33. The van der Waals surface area contributed by atoms with Crippen LogP contribution in [0.4, 0.5) is 10.5 Å². The minimum atomic E-state index is -0.384. The summed E-state index contributed by atoms with van der Waals surface area (Å²) >= 11 is 0. The molecule has 0 bridgehead atoms. The van der Waals surface area contributed by atoms with E-state index >= 15 is 0 Å². The van der Waals surface area contributed by atoms with E-state index in [4.69, 9.17) is 4.74 Å². The first-order chi connectivity index (χ1) is 15.9. The Morgan fingerprint density at radius 3 is 2.45 bits per heavy atom. The van der Waals surface area contributed by atoms with Crippen molar-refractivity contribution in [1.29, 1.82) is 0 Å². The molecule has 2 aromatic rings. The first-order valence-electron chi connectivity index (χ1n) is 12.0. The standard InChI is InChI=1S/C27H37N3O3/c1-5-9-21(3)29-16-14-24(15-17-29)30(19-22-10-7-6-8-11-22)27(32)28-25-13-12-23(18-20(25)2)26(31)33-4/h6-8,10-13,18,21,24H,5,9,14-17,19H2,1-4H3,(H,28,32). The van der Waals surface area contributed by atoms with E-state index in [2.05, 4.69) is 36.2 Å². The van der Waals surface area contributed by atoms with Crippen molar-refractivity contribution in [2.45, 2.75) is 65.1 Å². The van der Waals surface area contributed by atoms with E-state index in [9.17, 15) is 9.59 Å². The largest absolute Gasteiger partial charge is 0.465 e. The van der Waals surface area contributed by atoms with Gasteiger partial charge in [0, 0.05) is 37.4 Å². The Hall–Kier alpha value is -2.86. The van der Waals surface area contributed by atoms with Crippen LogP contribution in [0.2, 0.25) is 0 Å². The molecule has 1 heterocycles. The summed E-state index contributed by atoms with van der Waals surface area (Å²) in [5.74, 6) is -0.384. The van der Waals surface area contributed by atoms with E-state index in [0.29, 0.717) is 23.8 Å². The van der Waals surface area contributed by atoms with Gasteiger partial charge in [-0.2, -0.15) is 0 Å². The maximum atomic E-state index is 13.5. The molecule has 1 aliphatic rings. The lowest BCUT2D eigenvalue weighted by atomic mass is 10.00. The number of carbonyl (C=O) groups excluding carboxylic acids is 2. The van der Waals surface area contributed by atoms with Gasteiger partial charge in [-0.3, -0.25) is 0 Å². The number of rotatable bonds is 8. The fourth-order valence-corrected chi connectivity index (χ4v) is 4.62. The predicted octanol–water partition coefficient (Wildman–Crippen LogP) is 5.47. The van der Waals surface area contributed by atoms with Crippen molar-refractivity contribution in [1.82, 2.24) is 9.80 Å². The number of nitrogens with one attached hydrogen (secondary N) is 1. The third-order valence-corrected chi connectivity index (χ3v) is 6.62. The average Bonchev–Trinajstić information content (AvgIpc) is 2.84. The number of aryl methyl sites for hydroxylation is 1. The van der Waals surface area contributed by atoms with Gasteiger partial charge in [0.1, 0.15) is 0 Å². The van der Waals surface area contributed by atoms with E-state index in [1.54, 1.807) is 18.2 Å². The lowest BCUT2D eigenvalue weighted by Crippen LogP contribution is -2.50. The number of urea groups is 1. The summed E-state index contributed by atoms with van der Waals surface area (Å²) in [5.41, 5.74) is 3.13. The number of ether oxygens (including phenoxy) is 1. The van der Waals surface area contributed by atoms with Gasteiger partial charge in [-0.25, -0.2) is 9.59 Å². The molecule has 1 unspecified atom stereocenters. The number of nitrogens with zero attached hydrogens (tertiary/aromatic N) is 2. The van der Waals surface area contributed by atoms with Crippen LogP contribution in [-0.4, -0.2) is 54.1 Å². The van der Waals surface area contributed by atoms with Gasteiger partial charge in [0.05, 0.1) is 12.7 Å². The Labute approximate surface area is 197 Å². The normalized spacial score (nSPS) is 15.6. The van der Waals surface area contributed by atoms with Crippen molar-refractivity contribution in [3.05, 3.63) is 65.2 Å². The van der Waals surface area contributed by atoms with Crippen molar-refractivity contribution >= 4 is 17.7 Å². The van der Waals surface area contributed by atoms with Crippen molar-refractivity contribution in [3.8, 4) is 0 Å². The molecule has 0 aromatic heterocycles. The number of methoxy groups -OCH3 is 1. The highest BCUT2D eigenvalue weighted by atomic mass is 16.5. The number of likely N-dealkylation sites (tertiary alicyclic amines) is 1. The molecule has 1 saturated heterocycles. The SMILES string of the molecule is CCCC(C)N1CCC(N(Cc2ccccc2)C(=O)Nc2ccc(C(=O)OC)cc2C)CC1. The van der Waals surface area contributed by atoms with Crippen LogP contribution in [0, 0.1) is 6.92 Å². The molecule has 6 nitrogen and oxygen atoms in total. The van der Waals surface area contributed by atoms with Crippen LogP contribution in [0.3, 0.4) is 0 Å². The van der Waals surface area contributed by atoms with Crippen molar-refractivity contribution < 1.29 is 14.3 Å². The third-order valence-electron chi connectivity index (χ3n) is 6.62. The lowest BCUT2D eigenvalue weighted by molar-refractivity contribution is 0.0600. The molecule has 0 radical (unpaired) electrons. The van der Waals surface area contributed by atoms with E-state index in [1.807, 2.05) is 30.0 Å². The van der Waals surface area contributed by atoms with Gasteiger partial charge in [-0.1, -0.05) is 43.7 Å². The summed E-state index contributed by atoms with van der Waals surface area (Å²) in [6, 6.07) is 16.0. The highest BCUT2D eigenvalue weighted by Gasteiger charge is 2.29. The fraction of sp³-hybridized carbons (Fsp3) is 0.481. The second kappa shape index (κ2) is 11.8. The molecule has 1 aliphatic heterocycles. The summed E-state index contributed by atoms with van der Waals surface area (Å²) in [6.45, 7) is 9.01. The third kappa shape index (κ3) is 6.57. The van der Waals surface area contributed by atoms with Crippen LogP contribution in [0.15, 0.2) is 48.5 Å². The highest BCUT2D eigenvalue weighted by molar-refractivity contribution is 5.93. The zero-order chi connectivity index (χ0) is 23.8. The summed E-state index contributed by atoms with van der Waals surface area (Å²) in [7, 11) is 1.36. The van der Waals surface area contributed by atoms with Crippen molar-refractivity contribution in [2.75, 3.05) is 25.5 Å². The molecule has 3 rings (SSSR count). The van der Waals surface area contributed by atoms with Crippen LogP contribution < -0.4 is 5.32 Å². The molecule has 0 spiro atoms. The monoisotopic (exact) mass is 451 g/mol. The minimum Gasteiger partial charge on any atom is -0.465 e. The summed E-state index contributed by atoms with van der Waals surface area (Å²) in [5, 5.41) is 3.09. The molecule has 2 aromatic carbocycles. The van der Waals surface area contributed by atoms with Gasteiger partial charge in [0.15, 0.2) is 0 Å². The van der Waals surface area contributed by atoms with Gasteiger partial charge in [0.25, 0.3) is 0 Å². The number of carbonyl (C=O) groups is 2. The van der Waals surface area contributed by atoms with E-state index in [-0.39, 0.29) is 18.0 Å². The number of piperidine rings is 1. The lowest BCUT2D eigenvalue weighted by Gasteiger charge is -2.40. The zero-order valence-corrected chi connectivity index (χ0v) is 20.3. The second-order valence-corrected chi connectivity index (χ2v) is 8.97. The highest BCUT2D eigenvalue weighted by Crippen LogP contribution is 2.24. The number of hydrogen-bond acceptors (Lipinski definition) is 4. The smallest absolute Gasteiger partial charge is 0.337 e. The summed E-state index contributed by atoms with van der Waals surface area (Å²) < 4.78 is 4.80. The quantitative estimate of drug-likeness (QED) is 0.541. The van der Waals surface area contributed by atoms with Crippen molar-refractivity contribution in [3.63, 3.8) is 0 Å². The molecule has 1 N–H and O–H groups in total. The van der Waals surface area contributed by atoms with Crippen LogP contribution in [0.5, 0.6) is 0 Å². The van der Waals surface area contributed by atoms with Crippen LogP contribution >= 0.6 is 0 Å². The minimum absolute atomic E-state index is 0.104. The van der Waals surface area contributed by atoms with E-state index in [1.165, 1.54) is 20.0 Å². The van der Waals surface area contributed by atoms with Gasteiger partial charge < -0.3 is 19.9 Å².